The molecule has 0 fully saturated rings. The number of carbonyl (C=O) groups is 1. The van der Waals surface area contributed by atoms with E-state index in [1.807, 2.05) is 36.4 Å². The Labute approximate surface area is 130 Å². The quantitative estimate of drug-likeness (QED) is 0.919. The van der Waals surface area contributed by atoms with Crippen molar-refractivity contribution in [2.24, 2.45) is 5.92 Å². The van der Waals surface area contributed by atoms with E-state index in [9.17, 15) is 9.90 Å². The topological polar surface area (TPSA) is 49.8 Å². The van der Waals surface area contributed by atoms with E-state index in [0.717, 1.165) is 17.5 Å². The number of nitrogens with zero attached hydrogens (tertiary/aromatic N) is 1. The number of phenols is 1. The summed E-state index contributed by atoms with van der Waals surface area (Å²) in [5, 5.41) is 10.1. The molecule has 114 valence electrons. The van der Waals surface area contributed by atoms with Gasteiger partial charge in [0, 0.05) is 6.54 Å². The zero-order valence-electron chi connectivity index (χ0n) is 12.5. The van der Waals surface area contributed by atoms with Crippen LogP contribution in [-0.2, 0) is 17.8 Å². The third-order valence-corrected chi connectivity index (χ3v) is 3.86. The number of anilines is 1. The van der Waals surface area contributed by atoms with Gasteiger partial charge in [-0.05, 0) is 29.5 Å². The maximum Gasteiger partial charge on any atom is 0.414 e. The third-order valence-electron chi connectivity index (χ3n) is 3.86. The third kappa shape index (κ3) is 2.91. The number of carbonyl (C=O) groups excluding carboxylic acids is 1. The van der Waals surface area contributed by atoms with E-state index in [1.165, 1.54) is 0 Å². The van der Waals surface area contributed by atoms with E-state index < -0.39 is 6.09 Å². The summed E-state index contributed by atoms with van der Waals surface area (Å²) in [6.07, 6.45) is 0.435. The number of hydrogen-bond acceptors (Lipinski definition) is 3. The average Bonchev–Trinajstić information content (AvgIpc) is 2.53. The second kappa shape index (κ2) is 6.10. The molecule has 1 unspecified atom stereocenters. The number of para-hydroxylation sites is 1. The van der Waals surface area contributed by atoms with E-state index in [-0.39, 0.29) is 12.4 Å². The molecule has 3 rings (SSSR count). The first kappa shape index (κ1) is 14.4. The molecule has 1 aliphatic heterocycles. The van der Waals surface area contributed by atoms with Gasteiger partial charge in [0.15, 0.2) is 0 Å². The fourth-order valence-corrected chi connectivity index (χ4v) is 2.86. The Morgan fingerprint density at radius 1 is 1.23 bits per heavy atom. The lowest BCUT2D eigenvalue weighted by Gasteiger charge is -2.32. The van der Waals surface area contributed by atoms with Crippen LogP contribution in [0.1, 0.15) is 18.1 Å². The number of benzene rings is 2. The van der Waals surface area contributed by atoms with Crippen LogP contribution in [0.2, 0.25) is 0 Å². The van der Waals surface area contributed by atoms with Crippen LogP contribution in [0.5, 0.6) is 5.75 Å². The SMILES string of the molecule is CC1Cc2cccc(O)c2N(C(=O)OCc2ccccc2)C1. The van der Waals surface area contributed by atoms with Crippen molar-refractivity contribution >= 4 is 11.8 Å². The van der Waals surface area contributed by atoms with Crippen molar-refractivity contribution in [1.82, 2.24) is 0 Å². The Hall–Kier alpha value is -2.49. The van der Waals surface area contributed by atoms with E-state index in [1.54, 1.807) is 17.0 Å². The molecule has 2 aromatic carbocycles. The predicted octanol–water partition coefficient (Wildman–Crippen LogP) is 3.73. The van der Waals surface area contributed by atoms with Crippen LogP contribution in [0.4, 0.5) is 10.5 Å². The number of ether oxygens (including phenoxy) is 1. The average molecular weight is 297 g/mol. The molecule has 0 spiro atoms. The molecule has 1 aliphatic rings. The van der Waals surface area contributed by atoms with Crippen molar-refractivity contribution in [2.45, 2.75) is 20.0 Å². The first-order valence-electron chi connectivity index (χ1n) is 7.44. The normalized spacial score (nSPS) is 17.0. The first-order valence-corrected chi connectivity index (χ1v) is 7.44. The standard InChI is InChI=1S/C18H19NO3/c1-13-10-15-8-5-9-16(20)17(15)19(11-13)18(21)22-12-14-6-3-2-4-7-14/h2-9,13,20H,10-12H2,1H3. The van der Waals surface area contributed by atoms with Gasteiger partial charge in [-0.1, -0.05) is 49.4 Å². The van der Waals surface area contributed by atoms with Gasteiger partial charge in [0.05, 0.1) is 5.69 Å². The summed E-state index contributed by atoms with van der Waals surface area (Å²) in [5.41, 5.74) is 2.51. The molecule has 0 saturated heterocycles. The molecule has 4 heteroatoms. The Kier molecular flexibility index (Phi) is 4.00. The minimum absolute atomic E-state index is 0.126. The van der Waals surface area contributed by atoms with Gasteiger partial charge in [-0.15, -0.1) is 0 Å². The minimum Gasteiger partial charge on any atom is -0.506 e. The summed E-state index contributed by atoms with van der Waals surface area (Å²) in [4.78, 5) is 14.0. The second-order valence-electron chi connectivity index (χ2n) is 5.74. The number of amides is 1. The highest BCUT2D eigenvalue weighted by Crippen LogP contribution is 2.37. The molecule has 22 heavy (non-hydrogen) atoms. The van der Waals surface area contributed by atoms with E-state index >= 15 is 0 Å². The molecule has 0 aliphatic carbocycles. The Morgan fingerprint density at radius 2 is 2.00 bits per heavy atom. The molecule has 0 bridgehead atoms. The molecule has 0 radical (unpaired) electrons. The zero-order valence-corrected chi connectivity index (χ0v) is 12.5. The molecule has 0 aromatic heterocycles. The summed E-state index contributed by atoms with van der Waals surface area (Å²) in [7, 11) is 0. The maximum absolute atomic E-state index is 12.4. The van der Waals surface area contributed by atoms with Crippen molar-refractivity contribution in [1.29, 1.82) is 0 Å². The van der Waals surface area contributed by atoms with Crippen LogP contribution in [0.25, 0.3) is 0 Å². The lowest BCUT2D eigenvalue weighted by Crippen LogP contribution is -2.39. The first-order chi connectivity index (χ1) is 10.6. The van der Waals surface area contributed by atoms with Gasteiger partial charge in [0.1, 0.15) is 12.4 Å². The van der Waals surface area contributed by atoms with Crippen LogP contribution in [0.15, 0.2) is 48.5 Å². The Bertz CT molecular complexity index is 669. The molecule has 0 saturated carbocycles. The maximum atomic E-state index is 12.4. The largest absolute Gasteiger partial charge is 0.506 e. The number of aromatic hydroxyl groups is 1. The van der Waals surface area contributed by atoms with Gasteiger partial charge in [-0.25, -0.2) is 4.79 Å². The Morgan fingerprint density at radius 3 is 2.77 bits per heavy atom. The van der Waals surface area contributed by atoms with Gasteiger partial charge in [-0.2, -0.15) is 0 Å². The molecule has 1 N–H and O–H groups in total. The summed E-state index contributed by atoms with van der Waals surface area (Å²) in [6.45, 7) is 2.87. The van der Waals surface area contributed by atoms with Crippen molar-refractivity contribution in [3.05, 3.63) is 59.7 Å². The van der Waals surface area contributed by atoms with Crippen LogP contribution < -0.4 is 4.90 Å². The van der Waals surface area contributed by atoms with Crippen LogP contribution >= 0.6 is 0 Å². The van der Waals surface area contributed by atoms with Gasteiger partial charge in [0.25, 0.3) is 0 Å². The van der Waals surface area contributed by atoms with Gasteiger partial charge in [0.2, 0.25) is 0 Å². The van der Waals surface area contributed by atoms with Crippen molar-refractivity contribution in [3.8, 4) is 5.75 Å². The highest BCUT2D eigenvalue weighted by molar-refractivity contribution is 5.91. The molecular weight excluding hydrogens is 278 g/mol. The highest BCUT2D eigenvalue weighted by Gasteiger charge is 2.29. The highest BCUT2D eigenvalue weighted by atomic mass is 16.6. The minimum atomic E-state index is -0.418. The lowest BCUT2D eigenvalue weighted by molar-refractivity contribution is 0.145. The molecule has 1 heterocycles. The van der Waals surface area contributed by atoms with Gasteiger partial charge in [-0.3, -0.25) is 4.90 Å². The van der Waals surface area contributed by atoms with Gasteiger partial charge >= 0.3 is 6.09 Å². The number of hydrogen-bond donors (Lipinski definition) is 1. The van der Waals surface area contributed by atoms with E-state index in [4.69, 9.17) is 4.74 Å². The molecular formula is C18H19NO3. The summed E-state index contributed by atoms with van der Waals surface area (Å²) in [6, 6.07) is 14.9. The summed E-state index contributed by atoms with van der Waals surface area (Å²) in [5.74, 6) is 0.458. The van der Waals surface area contributed by atoms with Gasteiger partial charge < -0.3 is 9.84 Å². The predicted molar refractivity (Wildman–Crippen MR) is 84.9 cm³/mol. The van der Waals surface area contributed by atoms with Crippen molar-refractivity contribution < 1.29 is 14.6 Å². The zero-order chi connectivity index (χ0) is 15.5. The molecule has 2 aromatic rings. The molecule has 1 amide bonds. The fraction of sp³-hybridized carbons (Fsp3) is 0.278. The molecule has 1 atom stereocenters. The van der Waals surface area contributed by atoms with Crippen molar-refractivity contribution in [3.63, 3.8) is 0 Å². The van der Waals surface area contributed by atoms with Crippen LogP contribution in [0.3, 0.4) is 0 Å². The second-order valence-corrected chi connectivity index (χ2v) is 5.74. The summed E-state index contributed by atoms with van der Waals surface area (Å²) >= 11 is 0. The molecule has 4 nitrogen and oxygen atoms in total. The van der Waals surface area contributed by atoms with Crippen LogP contribution in [-0.4, -0.2) is 17.7 Å². The summed E-state index contributed by atoms with van der Waals surface area (Å²) < 4.78 is 5.40. The Balaban J connectivity index is 1.78. The monoisotopic (exact) mass is 297 g/mol. The number of phenolic OH excluding ortho intramolecular Hbond substituents is 1. The fourth-order valence-electron chi connectivity index (χ4n) is 2.86. The number of rotatable bonds is 2. The lowest BCUT2D eigenvalue weighted by atomic mass is 9.94. The van der Waals surface area contributed by atoms with Crippen LogP contribution in [0, 0.1) is 5.92 Å². The van der Waals surface area contributed by atoms with E-state index in [0.29, 0.717) is 18.2 Å². The van der Waals surface area contributed by atoms with Crippen molar-refractivity contribution in [2.75, 3.05) is 11.4 Å². The van der Waals surface area contributed by atoms with E-state index in [2.05, 4.69) is 6.92 Å². The smallest absolute Gasteiger partial charge is 0.414 e. The number of fused-ring (bicyclic) bond motifs is 1.